The number of H-pyrrole nitrogens is 1. The van der Waals surface area contributed by atoms with E-state index in [1.54, 1.807) is 6.92 Å². The molecule has 0 fully saturated rings. The number of aromatic amines is 1. The molecular weight excluding hydrogens is 339 g/mol. The maximum absolute atomic E-state index is 13.5. The van der Waals surface area contributed by atoms with Crippen molar-refractivity contribution in [2.75, 3.05) is 0 Å². The number of nitrogens with zero attached hydrogens (tertiary/aromatic N) is 2. The number of nitrogens with one attached hydrogen (secondary N) is 2. The molecule has 1 aromatic carbocycles. The van der Waals surface area contributed by atoms with E-state index >= 15 is 0 Å². The summed E-state index contributed by atoms with van der Waals surface area (Å²) in [6, 6.07) is 2.13. The van der Waals surface area contributed by atoms with E-state index in [0.717, 1.165) is 6.07 Å². The number of aromatic nitrogens is 3. The Hall–Kier alpha value is -1.47. The van der Waals surface area contributed by atoms with Crippen LogP contribution in [0, 0.1) is 5.82 Å². The molecule has 2 rings (SSSR count). The van der Waals surface area contributed by atoms with Crippen molar-refractivity contribution in [3.63, 3.8) is 0 Å². The van der Waals surface area contributed by atoms with E-state index in [4.69, 9.17) is 11.6 Å². The second-order valence-electron chi connectivity index (χ2n) is 3.82. The first-order chi connectivity index (χ1) is 8.99. The van der Waals surface area contributed by atoms with Crippen molar-refractivity contribution in [1.82, 2.24) is 20.5 Å². The van der Waals surface area contributed by atoms with Crippen LogP contribution in [0.1, 0.15) is 29.1 Å². The predicted octanol–water partition coefficient (Wildman–Crippen LogP) is 2.85. The molecule has 1 heterocycles. The van der Waals surface area contributed by atoms with Crippen molar-refractivity contribution in [1.29, 1.82) is 0 Å². The Bertz CT molecular complexity index is 605. The van der Waals surface area contributed by atoms with E-state index in [9.17, 15) is 9.18 Å². The van der Waals surface area contributed by atoms with E-state index in [0.29, 0.717) is 5.82 Å². The first kappa shape index (κ1) is 14.0. The summed E-state index contributed by atoms with van der Waals surface area (Å²) in [6.07, 6.45) is 1.34. The quantitative estimate of drug-likeness (QED) is 0.839. The van der Waals surface area contributed by atoms with Crippen molar-refractivity contribution >= 4 is 33.4 Å². The Labute approximate surface area is 121 Å². The number of amides is 1. The first-order valence-electron chi connectivity index (χ1n) is 5.29. The average molecular weight is 348 g/mol. The molecule has 1 atom stereocenters. The van der Waals surface area contributed by atoms with Gasteiger partial charge in [0.2, 0.25) is 0 Å². The highest BCUT2D eigenvalue weighted by Crippen LogP contribution is 2.25. The largest absolute Gasteiger partial charge is 0.342 e. The van der Waals surface area contributed by atoms with Gasteiger partial charge in [-0.3, -0.25) is 9.89 Å². The predicted molar refractivity (Wildman–Crippen MR) is 71.4 cm³/mol. The smallest absolute Gasteiger partial charge is 0.253 e. The van der Waals surface area contributed by atoms with Crippen LogP contribution in [0.25, 0.3) is 0 Å². The third-order valence-electron chi connectivity index (χ3n) is 2.43. The van der Waals surface area contributed by atoms with Gasteiger partial charge in [0.05, 0.1) is 16.1 Å². The van der Waals surface area contributed by atoms with Crippen molar-refractivity contribution in [2.24, 2.45) is 0 Å². The fourth-order valence-corrected chi connectivity index (χ4v) is 2.10. The van der Waals surface area contributed by atoms with Gasteiger partial charge in [-0.1, -0.05) is 11.6 Å². The van der Waals surface area contributed by atoms with E-state index < -0.39 is 11.7 Å². The zero-order chi connectivity index (χ0) is 14.0. The molecule has 2 aromatic rings. The lowest BCUT2D eigenvalue weighted by Crippen LogP contribution is -2.27. The standard InChI is InChI=1S/C11H9BrClFN4O/c1-5(10-15-4-16-18-10)17-11(19)7-2-6(13)3-8(14)9(7)12/h2-5H,1H3,(H,17,19)(H,15,16,18)/t5-/m1/s1. The van der Waals surface area contributed by atoms with Crippen LogP contribution in [0.3, 0.4) is 0 Å². The highest BCUT2D eigenvalue weighted by Gasteiger charge is 2.18. The molecule has 0 aliphatic carbocycles. The maximum Gasteiger partial charge on any atom is 0.253 e. The summed E-state index contributed by atoms with van der Waals surface area (Å²) in [5, 5.41) is 9.15. The van der Waals surface area contributed by atoms with Crippen molar-refractivity contribution in [3.05, 3.63) is 45.2 Å². The summed E-state index contributed by atoms with van der Waals surface area (Å²) in [7, 11) is 0. The minimum absolute atomic E-state index is 0.0687. The van der Waals surface area contributed by atoms with Crippen LogP contribution in [-0.4, -0.2) is 21.1 Å². The minimum atomic E-state index is -0.593. The van der Waals surface area contributed by atoms with Gasteiger partial charge in [0, 0.05) is 5.02 Å². The lowest BCUT2D eigenvalue weighted by Gasteiger charge is -2.12. The van der Waals surface area contributed by atoms with Gasteiger partial charge >= 0.3 is 0 Å². The summed E-state index contributed by atoms with van der Waals surface area (Å²) in [4.78, 5) is 16.0. The molecule has 1 amide bonds. The highest BCUT2D eigenvalue weighted by molar-refractivity contribution is 9.10. The number of carbonyl (C=O) groups is 1. The maximum atomic E-state index is 13.5. The third kappa shape index (κ3) is 3.10. The van der Waals surface area contributed by atoms with Gasteiger partial charge in [-0.25, -0.2) is 9.37 Å². The summed E-state index contributed by atoms with van der Waals surface area (Å²) < 4.78 is 13.5. The average Bonchev–Trinajstić information content (AvgIpc) is 2.87. The van der Waals surface area contributed by atoms with Crippen LogP contribution in [-0.2, 0) is 0 Å². The second-order valence-corrected chi connectivity index (χ2v) is 5.04. The molecule has 8 heteroatoms. The fraction of sp³-hybridized carbons (Fsp3) is 0.182. The Balaban J connectivity index is 2.21. The second kappa shape index (κ2) is 5.66. The van der Waals surface area contributed by atoms with E-state index in [-0.39, 0.29) is 21.1 Å². The Kier molecular flexibility index (Phi) is 4.16. The normalized spacial score (nSPS) is 12.2. The monoisotopic (exact) mass is 346 g/mol. The summed E-state index contributed by atoms with van der Waals surface area (Å²) in [5.74, 6) is -0.547. The van der Waals surface area contributed by atoms with Crippen molar-refractivity contribution in [3.8, 4) is 0 Å². The molecule has 0 saturated carbocycles. The number of hydrogen-bond donors (Lipinski definition) is 2. The van der Waals surface area contributed by atoms with E-state index in [1.807, 2.05) is 0 Å². The van der Waals surface area contributed by atoms with E-state index in [2.05, 4.69) is 36.4 Å². The number of hydrogen-bond acceptors (Lipinski definition) is 3. The molecule has 0 spiro atoms. The number of rotatable bonds is 3. The lowest BCUT2D eigenvalue weighted by atomic mass is 10.2. The SMILES string of the molecule is C[C@@H](NC(=O)c1cc(Cl)cc(F)c1Br)c1ncn[nH]1. The molecule has 0 unspecified atom stereocenters. The van der Waals surface area contributed by atoms with Crippen LogP contribution in [0.5, 0.6) is 0 Å². The van der Waals surface area contributed by atoms with Gasteiger partial charge in [-0.15, -0.1) is 0 Å². The Morgan fingerprint density at radius 3 is 2.95 bits per heavy atom. The summed E-state index contributed by atoms with van der Waals surface area (Å²) >= 11 is 8.76. The van der Waals surface area contributed by atoms with Gasteiger partial charge in [-0.05, 0) is 35.0 Å². The van der Waals surface area contributed by atoms with Gasteiger partial charge in [0.25, 0.3) is 5.91 Å². The van der Waals surface area contributed by atoms with Crippen LogP contribution in [0.2, 0.25) is 5.02 Å². The highest BCUT2D eigenvalue weighted by atomic mass is 79.9. The zero-order valence-corrected chi connectivity index (χ0v) is 12.1. The Morgan fingerprint density at radius 1 is 1.58 bits per heavy atom. The summed E-state index contributed by atoms with van der Waals surface area (Å²) in [5.41, 5.74) is 0.122. The molecule has 19 heavy (non-hydrogen) atoms. The molecule has 1 aromatic heterocycles. The van der Waals surface area contributed by atoms with Gasteiger partial charge < -0.3 is 5.32 Å². The number of benzene rings is 1. The van der Waals surface area contributed by atoms with Gasteiger partial charge in [0.15, 0.2) is 0 Å². The molecule has 100 valence electrons. The lowest BCUT2D eigenvalue weighted by molar-refractivity contribution is 0.0937. The topological polar surface area (TPSA) is 70.7 Å². The fourth-order valence-electron chi connectivity index (χ4n) is 1.49. The number of carbonyl (C=O) groups excluding carboxylic acids is 1. The molecule has 0 aliphatic rings. The molecule has 0 bridgehead atoms. The Morgan fingerprint density at radius 2 is 2.32 bits per heavy atom. The molecule has 0 aliphatic heterocycles. The molecule has 0 radical (unpaired) electrons. The number of halogens is 3. The van der Waals surface area contributed by atoms with Gasteiger partial charge in [0.1, 0.15) is 18.0 Å². The van der Waals surface area contributed by atoms with Crippen LogP contribution >= 0.6 is 27.5 Å². The van der Waals surface area contributed by atoms with Gasteiger partial charge in [-0.2, -0.15) is 5.10 Å². The molecule has 2 N–H and O–H groups in total. The minimum Gasteiger partial charge on any atom is -0.342 e. The zero-order valence-electron chi connectivity index (χ0n) is 9.75. The molecular formula is C11H9BrClFN4O. The van der Waals surface area contributed by atoms with Crippen LogP contribution < -0.4 is 5.32 Å². The molecule has 5 nitrogen and oxygen atoms in total. The van der Waals surface area contributed by atoms with Crippen molar-refractivity contribution in [2.45, 2.75) is 13.0 Å². The van der Waals surface area contributed by atoms with Crippen LogP contribution in [0.4, 0.5) is 4.39 Å². The van der Waals surface area contributed by atoms with E-state index in [1.165, 1.54) is 12.4 Å². The van der Waals surface area contributed by atoms with Crippen molar-refractivity contribution < 1.29 is 9.18 Å². The van der Waals surface area contributed by atoms with Crippen LogP contribution in [0.15, 0.2) is 22.9 Å². The third-order valence-corrected chi connectivity index (χ3v) is 3.45. The first-order valence-corrected chi connectivity index (χ1v) is 6.47. The molecule has 0 saturated heterocycles. The summed E-state index contributed by atoms with van der Waals surface area (Å²) in [6.45, 7) is 1.73.